The second kappa shape index (κ2) is 19.0. The SMILES string of the molecule is O=S(=O)([O-])c1cc(Cc2nc(Cc3ccccc3)nc(Nc3ccccc3)n2)ccc1/C=C/c1ccc(Nc2nc(Nc3ccccc3)nc(Nc3ccccc3)n2)cc1S(=O)(=O)[O-]. The number of nitrogens with zero attached hydrogens (tertiary/aromatic N) is 6. The predicted molar refractivity (Wildman–Crippen MR) is 242 cm³/mol. The van der Waals surface area contributed by atoms with Crippen LogP contribution < -0.4 is 21.3 Å². The van der Waals surface area contributed by atoms with Gasteiger partial charge in [0.15, 0.2) is 0 Å². The summed E-state index contributed by atoms with van der Waals surface area (Å²) in [5.74, 6) is 1.42. The second-order valence-electron chi connectivity index (χ2n) is 14.1. The van der Waals surface area contributed by atoms with Crippen molar-refractivity contribution in [2.45, 2.75) is 22.6 Å². The second-order valence-corrected chi connectivity index (χ2v) is 16.8. The van der Waals surface area contributed by atoms with Crippen molar-refractivity contribution in [3.05, 3.63) is 192 Å². The maximum atomic E-state index is 12.7. The molecule has 0 fully saturated rings. The lowest BCUT2D eigenvalue weighted by molar-refractivity contribution is 0.460. The molecule has 2 aromatic heterocycles. The third-order valence-corrected chi connectivity index (χ3v) is 11.1. The van der Waals surface area contributed by atoms with Crippen LogP contribution in [0.25, 0.3) is 12.2 Å². The molecule has 0 saturated carbocycles. The molecule has 0 spiro atoms. The van der Waals surface area contributed by atoms with Crippen LogP contribution in [0.4, 0.5) is 46.5 Å². The van der Waals surface area contributed by atoms with E-state index in [2.05, 4.69) is 51.2 Å². The molecule has 0 saturated heterocycles. The summed E-state index contributed by atoms with van der Waals surface area (Å²) in [6, 6.07) is 45.5. The lowest BCUT2D eigenvalue weighted by Gasteiger charge is -2.15. The normalized spacial score (nSPS) is 11.6. The standard InChI is InChI=1S/C46H38N10O6S2/c57-63(58,59)39-27-32(29-42-51-41(28-31-13-5-1-6-14-31)52-43(53-42)47-35-15-7-2-8-16-35)21-22-33(39)23-24-34-25-26-38(30-40(34)64(60,61)62)50-46-55-44(48-36-17-9-3-10-18-36)54-45(56-46)49-37-19-11-4-12-20-37/h1-27,30H,28-29H2,(H,57,58,59)(H,60,61,62)(H,47,51,52,53)(H3,48,49,50,54,55,56)/p-2/b24-23+. The molecule has 64 heavy (non-hydrogen) atoms. The van der Waals surface area contributed by atoms with E-state index in [1.165, 1.54) is 36.4 Å². The number of para-hydroxylation sites is 3. The van der Waals surface area contributed by atoms with Gasteiger partial charge in [-0.05, 0) is 76.9 Å². The van der Waals surface area contributed by atoms with Crippen LogP contribution in [0.15, 0.2) is 168 Å². The van der Waals surface area contributed by atoms with E-state index in [0.29, 0.717) is 35.0 Å². The molecule has 0 bridgehead atoms. The monoisotopic (exact) mass is 888 g/mol. The Morgan fingerprint density at radius 1 is 0.391 bits per heavy atom. The van der Waals surface area contributed by atoms with Crippen LogP contribution >= 0.6 is 0 Å². The zero-order valence-electron chi connectivity index (χ0n) is 33.5. The quantitative estimate of drug-likeness (QED) is 0.0528. The summed E-state index contributed by atoms with van der Waals surface area (Å²) < 4.78 is 75.9. The van der Waals surface area contributed by atoms with E-state index in [-0.39, 0.29) is 47.0 Å². The van der Waals surface area contributed by atoms with Crippen LogP contribution in [0, 0.1) is 0 Å². The van der Waals surface area contributed by atoms with Gasteiger partial charge in [-0.25, -0.2) is 21.8 Å². The molecule has 320 valence electrons. The van der Waals surface area contributed by atoms with Crippen molar-refractivity contribution < 1.29 is 25.9 Å². The maximum absolute atomic E-state index is 12.7. The topological polar surface area (TPSA) is 240 Å². The fourth-order valence-electron chi connectivity index (χ4n) is 6.46. The van der Waals surface area contributed by atoms with E-state index >= 15 is 0 Å². The van der Waals surface area contributed by atoms with Crippen LogP contribution in [-0.2, 0) is 33.1 Å². The average molecular weight is 889 g/mol. The van der Waals surface area contributed by atoms with Gasteiger partial charge in [-0.1, -0.05) is 115 Å². The van der Waals surface area contributed by atoms with E-state index in [1.807, 2.05) is 121 Å². The summed E-state index contributed by atoms with van der Waals surface area (Å²) in [5, 5.41) is 12.4. The minimum atomic E-state index is -5.10. The number of benzene rings is 6. The summed E-state index contributed by atoms with van der Waals surface area (Å²) >= 11 is 0. The number of anilines is 8. The van der Waals surface area contributed by atoms with Crippen LogP contribution in [0.1, 0.15) is 33.9 Å². The third-order valence-electron chi connectivity index (χ3n) is 9.35. The van der Waals surface area contributed by atoms with Crippen LogP contribution in [0.3, 0.4) is 0 Å². The zero-order valence-corrected chi connectivity index (χ0v) is 35.2. The molecule has 0 atom stereocenters. The smallest absolute Gasteiger partial charge is 0.233 e. The molecule has 0 amide bonds. The molecule has 18 heteroatoms. The lowest BCUT2D eigenvalue weighted by Crippen LogP contribution is -2.09. The minimum Gasteiger partial charge on any atom is -0.744 e. The number of nitrogens with one attached hydrogen (secondary N) is 4. The van der Waals surface area contributed by atoms with Gasteiger partial charge in [-0.2, -0.15) is 24.9 Å². The number of hydrogen-bond acceptors (Lipinski definition) is 16. The van der Waals surface area contributed by atoms with E-state index in [1.54, 1.807) is 6.07 Å². The molecule has 4 N–H and O–H groups in total. The Kier molecular flexibility index (Phi) is 12.7. The van der Waals surface area contributed by atoms with Crippen LogP contribution in [-0.4, -0.2) is 55.8 Å². The van der Waals surface area contributed by atoms with E-state index in [0.717, 1.165) is 17.3 Å². The Balaban J connectivity index is 1.07. The van der Waals surface area contributed by atoms with Crippen molar-refractivity contribution in [2.24, 2.45) is 0 Å². The molecule has 16 nitrogen and oxygen atoms in total. The maximum Gasteiger partial charge on any atom is 0.233 e. The molecule has 0 radical (unpaired) electrons. The van der Waals surface area contributed by atoms with Crippen LogP contribution in [0.5, 0.6) is 0 Å². The van der Waals surface area contributed by atoms with Crippen molar-refractivity contribution in [3.8, 4) is 0 Å². The van der Waals surface area contributed by atoms with Gasteiger partial charge < -0.3 is 30.4 Å². The van der Waals surface area contributed by atoms with Gasteiger partial charge in [0.25, 0.3) is 0 Å². The molecule has 2 heterocycles. The average Bonchev–Trinajstić information content (AvgIpc) is 3.27. The van der Waals surface area contributed by atoms with Crippen molar-refractivity contribution in [1.82, 2.24) is 29.9 Å². The van der Waals surface area contributed by atoms with Gasteiger partial charge in [-0.3, -0.25) is 0 Å². The van der Waals surface area contributed by atoms with Crippen LogP contribution in [0.2, 0.25) is 0 Å². The first-order valence-corrected chi connectivity index (χ1v) is 22.4. The largest absolute Gasteiger partial charge is 0.744 e. The molecular weight excluding hydrogens is 853 g/mol. The van der Waals surface area contributed by atoms with Crippen molar-refractivity contribution in [2.75, 3.05) is 21.3 Å². The summed E-state index contributed by atoms with van der Waals surface area (Å²) in [6.07, 6.45) is 2.94. The van der Waals surface area contributed by atoms with Gasteiger partial charge >= 0.3 is 0 Å². The summed E-state index contributed by atoms with van der Waals surface area (Å²) in [5.41, 5.74) is 3.57. The van der Waals surface area contributed by atoms with Gasteiger partial charge in [0.2, 0.25) is 23.8 Å². The fourth-order valence-corrected chi connectivity index (χ4v) is 7.87. The number of aromatic nitrogens is 6. The molecule has 0 aliphatic carbocycles. The summed E-state index contributed by atoms with van der Waals surface area (Å²) in [4.78, 5) is 26.0. The Morgan fingerprint density at radius 3 is 1.22 bits per heavy atom. The zero-order chi connectivity index (χ0) is 44.5. The first-order chi connectivity index (χ1) is 30.9. The molecule has 0 aliphatic heterocycles. The van der Waals surface area contributed by atoms with Gasteiger partial charge in [-0.15, -0.1) is 0 Å². The van der Waals surface area contributed by atoms with Crippen molar-refractivity contribution in [3.63, 3.8) is 0 Å². The predicted octanol–water partition coefficient (Wildman–Crippen LogP) is 8.19. The molecule has 0 unspecified atom stereocenters. The number of hydrogen-bond donors (Lipinski definition) is 4. The minimum absolute atomic E-state index is 0.0167. The highest BCUT2D eigenvalue weighted by Gasteiger charge is 2.16. The Labute approximate surface area is 368 Å². The number of rotatable bonds is 16. The van der Waals surface area contributed by atoms with Gasteiger partial charge in [0, 0.05) is 35.6 Å². The third kappa shape index (κ3) is 11.5. The van der Waals surface area contributed by atoms with Crippen molar-refractivity contribution in [1.29, 1.82) is 0 Å². The Hall–Kier alpha value is -7.90. The molecule has 8 rings (SSSR count). The van der Waals surface area contributed by atoms with E-state index < -0.39 is 30.0 Å². The van der Waals surface area contributed by atoms with E-state index in [9.17, 15) is 25.9 Å². The van der Waals surface area contributed by atoms with Gasteiger partial charge in [0.05, 0.1) is 9.79 Å². The van der Waals surface area contributed by atoms with E-state index in [4.69, 9.17) is 0 Å². The fraction of sp³-hybridized carbons (Fsp3) is 0.0435. The molecular formula is C46H36N10O6S2-2. The Morgan fingerprint density at radius 2 is 0.766 bits per heavy atom. The lowest BCUT2D eigenvalue weighted by atomic mass is 10.1. The molecule has 6 aromatic carbocycles. The highest BCUT2D eigenvalue weighted by atomic mass is 32.2. The molecule has 8 aromatic rings. The highest BCUT2D eigenvalue weighted by molar-refractivity contribution is 7.86. The van der Waals surface area contributed by atoms with Gasteiger partial charge in [0.1, 0.15) is 31.9 Å². The highest BCUT2D eigenvalue weighted by Crippen LogP contribution is 2.28. The Bertz CT molecular complexity index is 2840. The first-order valence-electron chi connectivity index (χ1n) is 19.5. The first kappa shape index (κ1) is 42.8. The summed E-state index contributed by atoms with van der Waals surface area (Å²) in [6.45, 7) is 0. The molecule has 0 aliphatic rings. The van der Waals surface area contributed by atoms with Crippen molar-refractivity contribution >= 4 is 78.9 Å². The summed E-state index contributed by atoms with van der Waals surface area (Å²) in [7, 11) is -10.2.